The van der Waals surface area contributed by atoms with Gasteiger partial charge in [0.05, 0.1) is 0 Å². The molecule has 3 aromatic heterocycles. The van der Waals surface area contributed by atoms with Crippen LogP contribution in [-0.2, 0) is 45.6 Å². The number of hydrogen-bond acceptors (Lipinski definition) is 3. The molecular weight excluding hydrogens is 967 g/mol. The van der Waals surface area contributed by atoms with Gasteiger partial charge in [-0.3, -0.25) is 0 Å². The zero-order valence-electron chi connectivity index (χ0n) is 43.0. The van der Waals surface area contributed by atoms with E-state index < -0.39 is 25.5 Å². The predicted octanol–water partition coefficient (Wildman–Crippen LogP) is 14.5. The molecule has 0 amide bonds. The van der Waals surface area contributed by atoms with Crippen LogP contribution in [0.5, 0.6) is 0 Å². The molecule has 65 heavy (non-hydrogen) atoms. The van der Waals surface area contributed by atoms with Crippen LogP contribution < -0.4 is 0 Å². The van der Waals surface area contributed by atoms with Crippen molar-refractivity contribution in [2.45, 2.75) is 25.5 Å². The molecule has 4 heteroatoms. The summed E-state index contributed by atoms with van der Waals surface area (Å²) in [6.07, 6.45) is -6.68. The van der Waals surface area contributed by atoms with E-state index in [4.69, 9.17) is 4.98 Å². The van der Waals surface area contributed by atoms with Gasteiger partial charge in [-0.2, -0.15) is 0 Å². The number of hydrogen-bond donors (Lipinski definition) is 0. The van der Waals surface area contributed by atoms with Crippen LogP contribution in [0.15, 0.2) is 219 Å². The van der Waals surface area contributed by atoms with Gasteiger partial charge in [0.25, 0.3) is 0 Å². The first-order chi connectivity index (χ1) is 34.7. The first kappa shape index (κ1) is 34.1. The van der Waals surface area contributed by atoms with E-state index in [1.54, 1.807) is 30.5 Å². The maximum absolute atomic E-state index is 9.69. The summed E-state index contributed by atoms with van der Waals surface area (Å²) in [5, 5.41) is 0. The van der Waals surface area contributed by atoms with Gasteiger partial charge < -0.3 is 15.0 Å². The van der Waals surface area contributed by atoms with Crippen molar-refractivity contribution in [3.8, 4) is 78.3 Å². The van der Waals surface area contributed by atoms with E-state index in [2.05, 4.69) is 52.4 Å². The van der Waals surface area contributed by atoms with E-state index in [1.807, 2.05) is 121 Å². The zero-order chi connectivity index (χ0) is 50.1. The third-order valence-corrected chi connectivity index (χ3v) is 10.8. The molecule has 7 aromatic carbocycles. The molecular formula is C61H44IrN3. The Balaban J connectivity index is 0.00000656. The van der Waals surface area contributed by atoms with Gasteiger partial charge in [0.15, 0.2) is 0 Å². The van der Waals surface area contributed by atoms with Gasteiger partial charge in [-0.15, -0.1) is 108 Å². The van der Waals surface area contributed by atoms with E-state index in [0.29, 0.717) is 44.9 Å². The minimum absolute atomic E-state index is 0. The second-order valence-corrected chi connectivity index (χ2v) is 15.1. The summed E-state index contributed by atoms with van der Waals surface area (Å²) in [4.78, 5) is 14.0. The van der Waals surface area contributed by atoms with E-state index >= 15 is 0 Å². The Hall–Kier alpha value is -7.36. The van der Waals surface area contributed by atoms with Crippen molar-refractivity contribution in [2.75, 3.05) is 0 Å². The molecule has 0 saturated carbocycles. The maximum Gasteiger partial charge on any atom is 3.00 e. The third kappa shape index (κ3) is 10.2. The van der Waals surface area contributed by atoms with Crippen LogP contribution in [0, 0.1) is 18.2 Å². The average Bonchev–Trinajstić information content (AvgIpc) is 3.43. The summed E-state index contributed by atoms with van der Waals surface area (Å²) in [6, 6.07) is 70.1. The fourth-order valence-electron chi connectivity index (χ4n) is 7.65. The van der Waals surface area contributed by atoms with E-state index in [-0.39, 0.29) is 42.4 Å². The molecule has 0 bridgehead atoms. The van der Waals surface area contributed by atoms with Gasteiger partial charge in [0, 0.05) is 35.1 Å². The fourth-order valence-corrected chi connectivity index (χ4v) is 7.65. The van der Waals surface area contributed by atoms with Crippen molar-refractivity contribution in [3.63, 3.8) is 0 Å². The molecule has 0 radical (unpaired) electrons. The predicted molar refractivity (Wildman–Crippen MR) is 262 cm³/mol. The summed E-state index contributed by atoms with van der Waals surface area (Å²) < 4.78 is 76.6. The summed E-state index contributed by atoms with van der Waals surface area (Å²) in [7, 11) is 0. The van der Waals surface area contributed by atoms with E-state index in [1.165, 1.54) is 42.7 Å². The molecule has 0 aliphatic heterocycles. The molecule has 0 saturated heterocycles. The molecule has 0 unspecified atom stereocenters. The van der Waals surface area contributed by atoms with Crippen LogP contribution in [0.2, 0.25) is 0 Å². The van der Waals surface area contributed by atoms with Crippen LogP contribution in [0.3, 0.4) is 0 Å². The second kappa shape index (κ2) is 20.4. The Morgan fingerprint density at radius 1 is 0.323 bits per heavy atom. The number of pyridine rings is 3. The summed E-state index contributed by atoms with van der Waals surface area (Å²) in [5.41, 5.74) is 9.56. The van der Waals surface area contributed by atoms with Gasteiger partial charge >= 0.3 is 20.1 Å². The number of aromatic nitrogens is 3. The molecule has 312 valence electrons. The molecule has 3 nitrogen and oxygen atoms in total. The monoisotopic (exact) mass is 1020 g/mol. The van der Waals surface area contributed by atoms with Crippen LogP contribution in [0.4, 0.5) is 0 Å². The van der Waals surface area contributed by atoms with Crippen LogP contribution in [0.1, 0.15) is 33.2 Å². The van der Waals surface area contributed by atoms with Crippen molar-refractivity contribution >= 4 is 0 Å². The van der Waals surface area contributed by atoms with Gasteiger partial charge in [-0.25, -0.2) is 0 Å². The molecule has 10 rings (SSSR count). The summed E-state index contributed by atoms with van der Waals surface area (Å²) in [5.74, 6) is 0. The summed E-state index contributed by atoms with van der Waals surface area (Å²) in [6.45, 7) is 0. The Morgan fingerprint density at radius 2 is 0.815 bits per heavy atom. The molecule has 10 aromatic rings. The van der Waals surface area contributed by atoms with Gasteiger partial charge in [-0.1, -0.05) is 121 Å². The largest absolute Gasteiger partial charge is 3.00 e. The standard InChI is InChI=1S/C61H44N3.Ir/c1-5-16-48(17-6-1)52-24-15-25-53(39-52)57-40-61(51-22-11-4-12-23-51)64-43-58(57)56-27-14-13-26-55(56)54-37-46(30-28-44-32-34-59(62-41-44)49-18-7-2-8-19-49)36-47(38-54)31-29-45-33-35-60(63-42-45)50-20-9-3-10-21-50;/h1-18,20,22,24-27,32-43H,28-31H2;/q-3;+3/i28D2,29D2,30D2,31D2;. The van der Waals surface area contributed by atoms with Crippen LogP contribution in [-0.4, -0.2) is 15.0 Å². The van der Waals surface area contributed by atoms with Crippen molar-refractivity contribution in [3.05, 3.63) is 259 Å². The second-order valence-electron chi connectivity index (χ2n) is 15.1. The number of nitrogens with zero attached hydrogens (tertiary/aromatic N) is 3. The van der Waals surface area contributed by atoms with Crippen molar-refractivity contribution in [1.82, 2.24) is 15.0 Å². The van der Waals surface area contributed by atoms with Gasteiger partial charge in [0.2, 0.25) is 0 Å². The van der Waals surface area contributed by atoms with Crippen LogP contribution in [0.25, 0.3) is 78.3 Å². The summed E-state index contributed by atoms with van der Waals surface area (Å²) >= 11 is 0. The average molecular weight is 1020 g/mol. The molecule has 0 N–H and O–H groups in total. The fraction of sp³-hybridized carbons (Fsp3) is 0.0656. The molecule has 3 heterocycles. The Kier molecular flexibility index (Phi) is 10.7. The molecule has 0 atom stereocenters. The maximum atomic E-state index is 9.69. The Labute approximate surface area is 407 Å². The first-order valence-electron chi connectivity index (χ1n) is 25.0. The SMILES string of the molecule is [2H]C([2H])(c1ccc(-c2[c-]cccc2)nc1)C([2H])([2H])c1cc(-c2ccccc2-c2cnc(-c3[c-]cccc3)cc2-c2cccc(-c3ccccc3)c2)cc(C([2H])([2H])C([2H])([2H])c2ccc(-c3[c-]cccc3)nc2)c1.[Ir+3]. The number of benzene rings is 7. The molecule has 0 fully saturated rings. The van der Waals surface area contributed by atoms with Crippen molar-refractivity contribution < 1.29 is 31.1 Å². The van der Waals surface area contributed by atoms with Gasteiger partial charge in [-0.05, 0) is 110 Å². The van der Waals surface area contributed by atoms with E-state index in [9.17, 15) is 11.0 Å². The molecule has 0 aliphatic rings. The van der Waals surface area contributed by atoms with Crippen LogP contribution >= 0.6 is 0 Å². The zero-order valence-corrected chi connectivity index (χ0v) is 37.4. The molecule has 0 spiro atoms. The smallest absolute Gasteiger partial charge is 0.304 e. The number of rotatable bonds is 13. The Morgan fingerprint density at radius 3 is 1.37 bits per heavy atom. The third-order valence-electron chi connectivity index (χ3n) is 10.8. The first-order valence-corrected chi connectivity index (χ1v) is 21.0. The molecule has 0 aliphatic carbocycles. The topological polar surface area (TPSA) is 38.7 Å². The van der Waals surface area contributed by atoms with Crippen molar-refractivity contribution in [2.24, 2.45) is 0 Å². The minimum Gasteiger partial charge on any atom is -0.304 e. The quantitative estimate of drug-likeness (QED) is 0.108. The number of aryl methyl sites for hydroxylation is 4. The van der Waals surface area contributed by atoms with E-state index in [0.717, 1.165) is 33.4 Å². The Bertz CT molecular complexity index is 3380. The normalized spacial score (nSPS) is 13.6. The minimum atomic E-state index is -2.83. The van der Waals surface area contributed by atoms with Gasteiger partial charge in [0.1, 0.15) is 0 Å². The van der Waals surface area contributed by atoms with Crippen molar-refractivity contribution in [1.29, 1.82) is 0 Å².